The van der Waals surface area contributed by atoms with Crippen molar-refractivity contribution < 1.29 is 4.79 Å². The largest absolute Gasteiger partial charge is 0.354 e. The Morgan fingerprint density at radius 1 is 1.23 bits per heavy atom. The van der Waals surface area contributed by atoms with Crippen LogP contribution in [-0.2, 0) is 17.9 Å². The Labute approximate surface area is 156 Å². The number of aromatic nitrogens is 3. The number of nitrogens with zero attached hydrogens (tertiary/aromatic N) is 5. The van der Waals surface area contributed by atoms with Gasteiger partial charge in [-0.1, -0.05) is 17.7 Å². The molecule has 1 aliphatic rings. The highest BCUT2D eigenvalue weighted by molar-refractivity contribution is 6.29. The van der Waals surface area contributed by atoms with Crippen LogP contribution in [0.1, 0.15) is 5.56 Å². The number of hydrogen-bond donors (Lipinski definition) is 1. The van der Waals surface area contributed by atoms with E-state index in [9.17, 15) is 9.59 Å². The molecular weight excluding hydrogens is 356 g/mol. The number of likely N-dealkylation sites (N-methyl/N-ethyl adjacent to an activating group) is 1. The Hall–Kier alpha value is -2.45. The molecule has 3 rings (SSSR count). The number of rotatable bonds is 5. The van der Waals surface area contributed by atoms with Crippen molar-refractivity contribution in [2.75, 3.05) is 38.1 Å². The van der Waals surface area contributed by atoms with E-state index in [2.05, 4.69) is 32.2 Å². The first-order valence-corrected chi connectivity index (χ1v) is 8.78. The number of amides is 1. The van der Waals surface area contributed by atoms with Crippen LogP contribution in [0.15, 0.2) is 35.3 Å². The van der Waals surface area contributed by atoms with Gasteiger partial charge in [0.15, 0.2) is 0 Å². The van der Waals surface area contributed by atoms with Gasteiger partial charge in [-0.2, -0.15) is 5.10 Å². The monoisotopic (exact) mass is 376 g/mol. The summed E-state index contributed by atoms with van der Waals surface area (Å²) in [5.41, 5.74) is 0.570. The Kier molecular flexibility index (Phi) is 5.85. The van der Waals surface area contributed by atoms with Gasteiger partial charge in [0, 0.05) is 50.6 Å². The zero-order valence-electron chi connectivity index (χ0n) is 14.6. The summed E-state index contributed by atoms with van der Waals surface area (Å²) in [6.07, 6.45) is 1.76. The summed E-state index contributed by atoms with van der Waals surface area (Å²) in [4.78, 5) is 32.9. The summed E-state index contributed by atoms with van der Waals surface area (Å²) < 4.78 is 1.04. The normalized spacial score (nSPS) is 15.1. The maximum Gasteiger partial charge on any atom is 0.267 e. The lowest BCUT2D eigenvalue weighted by molar-refractivity contribution is -0.122. The number of carbonyl (C=O) groups is 1. The van der Waals surface area contributed by atoms with Gasteiger partial charge in [-0.15, -0.1) is 0 Å². The summed E-state index contributed by atoms with van der Waals surface area (Å²) in [6.45, 7) is 3.91. The molecule has 0 bridgehead atoms. The van der Waals surface area contributed by atoms with E-state index in [0.29, 0.717) is 6.54 Å². The maximum atomic E-state index is 12.2. The van der Waals surface area contributed by atoms with Crippen molar-refractivity contribution in [3.05, 3.63) is 51.5 Å². The van der Waals surface area contributed by atoms with Crippen LogP contribution in [0.4, 0.5) is 5.82 Å². The molecule has 0 unspecified atom stereocenters. The predicted molar refractivity (Wildman–Crippen MR) is 99.3 cm³/mol. The lowest BCUT2D eigenvalue weighted by atomic mass is 10.2. The number of hydrogen-bond acceptors (Lipinski definition) is 6. The van der Waals surface area contributed by atoms with Gasteiger partial charge in [-0.3, -0.25) is 9.59 Å². The molecule has 1 fully saturated rings. The van der Waals surface area contributed by atoms with Crippen molar-refractivity contribution in [2.24, 2.45) is 0 Å². The van der Waals surface area contributed by atoms with Crippen LogP contribution in [-0.4, -0.2) is 58.8 Å². The highest BCUT2D eigenvalue weighted by Gasteiger charge is 2.18. The molecule has 1 aliphatic heterocycles. The summed E-state index contributed by atoms with van der Waals surface area (Å²) in [7, 11) is 2.10. The topological polar surface area (TPSA) is 83.4 Å². The third kappa shape index (κ3) is 4.59. The molecule has 0 aliphatic carbocycles. The van der Waals surface area contributed by atoms with Gasteiger partial charge < -0.3 is 15.1 Å². The maximum absolute atomic E-state index is 12.2. The number of piperazine rings is 1. The van der Waals surface area contributed by atoms with Gasteiger partial charge in [-0.05, 0) is 19.2 Å². The third-order valence-electron chi connectivity index (χ3n) is 4.27. The lowest BCUT2D eigenvalue weighted by Crippen LogP contribution is -2.45. The van der Waals surface area contributed by atoms with Gasteiger partial charge in [0.2, 0.25) is 5.91 Å². The molecule has 138 valence electrons. The second-order valence-corrected chi connectivity index (χ2v) is 6.59. The molecule has 1 saturated heterocycles. The fourth-order valence-electron chi connectivity index (χ4n) is 2.79. The number of anilines is 1. The van der Waals surface area contributed by atoms with Crippen molar-refractivity contribution in [1.82, 2.24) is 25.0 Å². The van der Waals surface area contributed by atoms with Crippen LogP contribution < -0.4 is 15.8 Å². The molecule has 0 spiro atoms. The molecule has 2 aromatic heterocycles. The molecule has 0 radical (unpaired) electrons. The fourth-order valence-corrected chi connectivity index (χ4v) is 2.95. The molecule has 9 heteroatoms. The van der Waals surface area contributed by atoms with Crippen LogP contribution in [0.25, 0.3) is 0 Å². The minimum Gasteiger partial charge on any atom is -0.354 e. The van der Waals surface area contributed by atoms with Gasteiger partial charge in [0.1, 0.15) is 17.5 Å². The highest BCUT2D eigenvalue weighted by Crippen LogP contribution is 2.18. The SMILES string of the molecule is CN1CCN(c2ncccc2CNC(=O)Cn2nc(Cl)ccc2=O)CC1. The quantitative estimate of drug-likeness (QED) is 0.811. The van der Waals surface area contributed by atoms with Gasteiger partial charge >= 0.3 is 0 Å². The van der Waals surface area contributed by atoms with Crippen molar-refractivity contribution in [3.8, 4) is 0 Å². The summed E-state index contributed by atoms with van der Waals surface area (Å²) in [5, 5.41) is 6.84. The molecule has 3 heterocycles. The predicted octanol–water partition coefficient (Wildman–Crippen LogP) is 0.360. The summed E-state index contributed by atoms with van der Waals surface area (Å²) in [6, 6.07) is 6.49. The van der Waals surface area contributed by atoms with Crippen LogP contribution >= 0.6 is 11.6 Å². The molecule has 1 N–H and O–H groups in total. The molecule has 1 amide bonds. The first-order chi connectivity index (χ1) is 12.5. The zero-order chi connectivity index (χ0) is 18.5. The average Bonchev–Trinajstić information content (AvgIpc) is 2.64. The van der Waals surface area contributed by atoms with E-state index < -0.39 is 0 Å². The smallest absolute Gasteiger partial charge is 0.267 e. The molecule has 0 atom stereocenters. The summed E-state index contributed by atoms with van der Waals surface area (Å²) >= 11 is 5.77. The lowest BCUT2D eigenvalue weighted by Gasteiger charge is -2.34. The zero-order valence-corrected chi connectivity index (χ0v) is 15.3. The van der Waals surface area contributed by atoms with E-state index in [-0.39, 0.29) is 23.2 Å². The van der Waals surface area contributed by atoms with Gasteiger partial charge in [0.05, 0.1) is 0 Å². The Morgan fingerprint density at radius 2 is 2.00 bits per heavy atom. The second-order valence-electron chi connectivity index (χ2n) is 6.21. The fraction of sp³-hybridized carbons (Fsp3) is 0.412. The van der Waals surface area contributed by atoms with E-state index >= 15 is 0 Å². The number of carbonyl (C=O) groups excluding carboxylic acids is 1. The average molecular weight is 377 g/mol. The van der Waals surface area contributed by atoms with Crippen molar-refractivity contribution in [1.29, 1.82) is 0 Å². The third-order valence-corrected chi connectivity index (χ3v) is 4.48. The first-order valence-electron chi connectivity index (χ1n) is 8.40. The molecule has 8 nitrogen and oxygen atoms in total. The Morgan fingerprint density at radius 3 is 2.77 bits per heavy atom. The molecule has 0 aromatic carbocycles. The first kappa shape index (κ1) is 18.3. The molecule has 2 aromatic rings. The standard InChI is InChI=1S/C17H21ClN6O2/c1-22-7-9-23(10-8-22)17-13(3-2-6-19-17)11-20-15(25)12-24-16(26)5-4-14(18)21-24/h2-6H,7-12H2,1H3,(H,20,25). The van der Waals surface area contributed by atoms with E-state index in [4.69, 9.17) is 11.6 Å². The van der Waals surface area contributed by atoms with Gasteiger partial charge in [0.25, 0.3) is 5.56 Å². The minimum atomic E-state index is -0.371. The van der Waals surface area contributed by atoms with Crippen LogP contribution in [0.2, 0.25) is 5.15 Å². The molecular formula is C17H21ClN6O2. The Bertz CT molecular complexity index is 832. The van der Waals surface area contributed by atoms with Crippen LogP contribution in [0.5, 0.6) is 0 Å². The minimum absolute atomic E-state index is 0.169. The van der Waals surface area contributed by atoms with Crippen LogP contribution in [0, 0.1) is 0 Å². The van der Waals surface area contributed by atoms with E-state index in [1.54, 1.807) is 6.20 Å². The number of halogens is 1. The van der Waals surface area contributed by atoms with Crippen molar-refractivity contribution >= 4 is 23.3 Å². The number of nitrogens with one attached hydrogen (secondary N) is 1. The highest BCUT2D eigenvalue weighted by atomic mass is 35.5. The molecule has 0 saturated carbocycles. The van der Waals surface area contributed by atoms with Gasteiger partial charge in [-0.25, -0.2) is 9.67 Å². The van der Waals surface area contributed by atoms with E-state index in [1.165, 1.54) is 12.1 Å². The number of pyridine rings is 1. The van der Waals surface area contributed by atoms with Crippen molar-refractivity contribution in [2.45, 2.75) is 13.1 Å². The summed E-state index contributed by atoms with van der Waals surface area (Å²) in [5.74, 6) is 0.578. The Balaban J connectivity index is 1.63. The molecule has 26 heavy (non-hydrogen) atoms. The van der Waals surface area contributed by atoms with E-state index in [0.717, 1.165) is 42.2 Å². The van der Waals surface area contributed by atoms with Crippen molar-refractivity contribution in [3.63, 3.8) is 0 Å². The van der Waals surface area contributed by atoms with E-state index in [1.807, 2.05) is 12.1 Å². The second kappa shape index (κ2) is 8.29. The van der Waals surface area contributed by atoms with Crippen LogP contribution in [0.3, 0.4) is 0 Å².